The lowest BCUT2D eigenvalue weighted by Crippen LogP contribution is -2.25. The molecule has 3 aromatic rings. The highest BCUT2D eigenvalue weighted by Crippen LogP contribution is 2.21. The zero-order valence-corrected chi connectivity index (χ0v) is 12.6. The Hall–Kier alpha value is -2.13. The van der Waals surface area contributed by atoms with Crippen LogP contribution in [0.1, 0.15) is 24.2 Å². The maximum absolute atomic E-state index is 4.29. The molecule has 1 unspecified atom stereocenters. The van der Waals surface area contributed by atoms with Crippen LogP contribution >= 0.6 is 0 Å². The SMILES string of the molecule is CCNC(Cc1ccc2ccccc2c1)c1ccnn1C. The molecule has 0 saturated heterocycles. The molecule has 0 bridgehead atoms. The monoisotopic (exact) mass is 279 g/mol. The maximum Gasteiger partial charge on any atom is 0.0553 e. The van der Waals surface area contributed by atoms with Gasteiger partial charge in [0.1, 0.15) is 0 Å². The fourth-order valence-electron chi connectivity index (χ4n) is 2.86. The van der Waals surface area contributed by atoms with Crippen molar-refractivity contribution in [1.29, 1.82) is 0 Å². The second-order valence-corrected chi connectivity index (χ2v) is 5.38. The van der Waals surface area contributed by atoms with Gasteiger partial charge in [-0.1, -0.05) is 49.4 Å². The van der Waals surface area contributed by atoms with Gasteiger partial charge in [0.2, 0.25) is 0 Å². The third-order valence-electron chi connectivity index (χ3n) is 3.92. The molecule has 0 fully saturated rings. The van der Waals surface area contributed by atoms with Crippen molar-refractivity contribution in [2.75, 3.05) is 6.54 Å². The van der Waals surface area contributed by atoms with Gasteiger partial charge in [-0.2, -0.15) is 5.10 Å². The van der Waals surface area contributed by atoms with E-state index in [9.17, 15) is 0 Å². The van der Waals surface area contributed by atoms with E-state index in [1.807, 2.05) is 17.9 Å². The van der Waals surface area contributed by atoms with E-state index >= 15 is 0 Å². The number of likely N-dealkylation sites (N-methyl/N-ethyl adjacent to an activating group) is 1. The summed E-state index contributed by atoms with van der Waals surface area (Å²) in [4.78, 5) is 0. The summed E-state index contributed by atoms with van der Waals surface area (Å²) in [5.74, 6) is 0. The minimum Gasteiger partial charge on any atom is -0.309 e. The molecule has 0 aliphatic carbocycles. The summed E-state index contributed by atoms with van der Waals surface area (Å²) >= 11 is 0. The van der Waals surface area contributed by atoms with Crippen molar-refractivity contribution in [2.24, 2.45) is 7.05 Å². The van der Waals surface area contributed by atoms with E-state index in [1.165, 1.54) is 22.0 Å². The lowest BCUT2D eigenvalue weighted by atomic mass is 10.00. The van der Waals surface area contributed by atoms with Crippen molar-refractivity contribution >= 4 is 10.8 Å². The van der Waals surface area contributed by atoms with Crippen LogP contribution in [-0.2, 0) is 13.5 Å². The van der Waals surface area contributed by atoms with Gasteiger partial charge in [0.15, 0.2) is 0 Å². The number of hydrogen-bond acceptors (Lipinski definition) is 2. The highest BCUT2D eigenvalue weighted by molar-refractivity contribution is 5.83. The Morgan fingerprint density at radius 2 is 1.90 bits per heavy atom. The highest BCUT2D eigenvalue weighted by Gasteiger charge is 2.14. The van der Waals surface area contributed by atoms with E-state index in [1.54, 1.807) is 0 Å². The Balaban J connectivity index is 1.89. The predicted molar refractivity (Wildman–Crippen MR) is 87.3 cm³/mol. The quantitative estimate of drug-likeness (QED) is 0.775. The van der Waals surface area contributed by atoms with E-state index in [-0.39, 0.29) is 0 Å². The number of rotatable bonds is 5. The van der Waals surface area contributed by atoms with Crippen molar-refractivity contribution in [3.05, 3.63) is 66.0 Å². The molecule has 2 aromatic carbocycles. The molecule has 3 rings (SSSR count). The fraction of sp³-hybridized carbons (Fsp3) is 0.278. The summed E-state index contributed by atoms with van der Waals surface area (Å²) in [7, 11) is 2.00. The summed E-state index contributed by atoms with van der Waals surface area (Å²) in [6.07, 6.45) is 2.83. The topological polar surface area (TPSA) is 29.9 Å². The van der Waals surface area contributed by atoms with Gasteiger partial charge < -0.3 is 5.32 Å². The van der Waals surface area contributed by atoms with Crippen LogP contribution in [0.5, 0.6) is 0 Å². The van der Waals surface area contributed by atoms with Gasteiger partial charge in [0, 0.05) is 13.2 Å². The van der Waals surface area contributed by atoms with Gasteiger partial charge in [-0.3, -0.25) is 4.68 Å². The fourth-order valence-corrected chi connectivity index (χ4v) is 2.86. The first-order chi connectivity index (χ1) is 10.3. The van der Waals surface area contributed by atoms with Gasteiger partial charge in [0.25, 0.3) is 0 Å². The summed E-state index contributed by atoms with van der Waals surface area (Å²) in [5.41, 5.74) is 2.57. The molecule has 1 aromatic heterocycles. The van der Waals surface area contributed by atoms with E-state index in [2.05, 4.69) is 65.9 Å². The second kappa shape index (κ2) is 6.10. The highest BCUT2D eigenvalue weighted by atomic mass is 15.3. The molecule has 0 amide bonds. The molecule has 108 valence electrons. The van der Waals surface area contributed by atoms with Crippen molar-refractivity contribution in [2.45, 2.75) is 19.4 Å². The molecule has 0 spiro atoms. The Kier molecular flexibility index (Phi) is 4.02. The molecule has 3 heteroatoms. The van der Waals surface area contributed by atoms with Gasteiger partial charge in [-0.05, 0) is 35.4 Å². The normalized spacial score (nSPS) is 12.7. The Morgan fingerprint density at radius 3 is 2.62 bits per heavy atom. The van der Waals surface area contributed by atoms with Crippen LogP contribution < -0.4 is 5.32 Å². The number of fused-ring (bicyclic) bond motifs is 1. The van der Waals surface area contributed by atoms with Gasteiger partial charge in [0.05, 0.1) is 11.7 Å². The van der Waals surface area contributed by atoms with Crippen LogP contribution in [0.2, 0.25) is 0 Å². The van der Waals surface area contributed by atoms with E-state index in [0.717, 1.165) is 13.0 Å². The average Bonchev–Trinajstić information content (AvgIpc) is 2.93. The van der Waals surface area contributed by atoms with Crippen LogP contribution in [0.25, 0.3) is 10.8 Å². The first kappa shape index (κ1) is 13.8. The minimum absolute atomic E-state index is 0.295. The van der Waals surface area contributed by atoms with Crippen molar-refractivity contribution in [3.8, 4) is 0 Å². The average molecular weight is 279 g/mol. The summed E-state index contributed by atoms with van der Waals surface area (Å²) in [6.45, 7) is 3.09. The molecule has 0 radical (unpaired) electrons. The minimum atomic E-state index is 0.295. The number of aryl methyl sites for hydroxylation is 1. The summed E-state index contributed by atoms with van der Waals surface area (Å²) in [5, 5.41) is 10.4. The number of hydrogen-bond donors (Lipinski definition) is 1. The smallest absolute Gasteiger partial charge is 0.0553 e. The van der Waals surface area contributed by atoms with Crippen LogP contribution in [0.15, 0.2) is 54.7 Å². The molecule has 3 nitrogen and oxygen atoms in total. The van der Waals surface area contributed by atoms with E-state index < -0.39 is 0 Å². The van der Waals surface area contributed by atoms with Crippen molar-refractivity contribution in [3.63, 3.8) is 0 Å². The number of nitrogens with zero attached hydrogens (tertiary/aromatic N) is 2. The van der Waals surface area contributed by atoms with E-state index in [0.29, 0.717) is 6.04 Å². The number of nitrogens with one attached hydrogen (secondary N) is 1. The molecule has 21 heavy (non-hydrogen) atoms. The molecule has 0 saturated carbocycles. The Morgan fingerprint density at radius 1 is 1.10 bits per heavy atom. The van der Waals surface area contributed by atoms with Gasteiger partial charge >= 0.3 is 0 Å². The molecule has 1 N–H and O–H groups in total. The summed E-state index contributed by atoms with van der Waals surface area (Å²) < 4.78 is 1.95. The van der Waals surface area contributed by atoms with E-state index in [4.69, 9.17) is 0 Å². The lowest BCUT2D eigenvalue weighted by molar-refractivity contribution is 0.508. The first-order valence-corrected chi connectivity index (χ1v) is 7.47. The molecular weight excluding hydrogens is 258 g/mol. The van der Waals surface area contributed by atoms with Gasteiger partial charge in [-0.15, -0.1) is 0 Å². The molecule has 0 aliphatic heterocycles. The zero-order chi connectivity index (χ0) is 14.7. The number of benzene rings is 2. The largest absolute Gasteiger partial charge is 0.309 e. The third-order valence-corrected chi connectivity index (χ3v) is 3.92. The first-order valence-electron chi connectivity index (χ1n) is 7.47. The van der Waals surface area contributed by atoms with Crippen molar-refractivity contribution < 1.29 is 0 Å². The van der Waals surface area contributed by atoms with Crippen LogP contribution in [0, 0.1) is 0 Å². The second-order valence-electron chi connectivity index (χ2n) is 5.38. The lowest BCUT2D eigenvalue weighted by Gasteiger charge is -2.18. The Bertz CT molecular complexity index is 730. The molecule has 1 atom stereocenters. The Labute approximate surface area is 125 Å². The predicted octanol–water partition coefficient (Wildman–Crippen LogP) is 3.47. The van der Waals surface area contributed by atoms with Crippen LogP contribution in [0.4, 0.5) is 0 Å². The zero-order valence-electron chi connectivity index (χ0n) is 12.6. The van der Waals surface area contributed by atoms with Gasteiger partial charge in [-0.25, -0.2) is 0 Å². The van der Waals surface area contributed by atoms with Crippen molar-refractivity contribution in [1.82, 2.24) is 15.1 Å². The standard InChI is InChI=1S/C18H21N3/c1-3-19-17(18-10-11-20-21(18)2)13-14-8-9-15-6-4-5-7-16(15)12-14/h4-12,17,19H,3,13H2,1-2H3. The van der Waals surface area contributed by atoms with Crippen LogP contribution in [0.3, 0.4) is 0 Å². The molecule has 0 aliphatic rings. The third kappa shape index (κ3) is 2.98. The maximum atomic E-state index is 4.29. The van der Waals surface area contributed by atoms with Crippen LogP contribution in [-0.4, -0.2) is 16.3 Å². The summed E-state index contributed by atoms with van der Waals surface area (Å²) in [6, 6.07) is 17.6. The number of aromatic nitrogens is 2. The molecule has 1 heterocycles. The molecular formula is C18H21N3.